The van der Waals surface area contributed by atoms with Gasteiger partial charge in [0.05, 0.1) is 11.1 Å². The van der Waals surface area contributed by atoms with Gasteiger partial charge in [0.1, 0.15) is 5.58 Å². The first-order chi connectivity index (χ1) is 29.5. The van der Waals surface area contributed by atoms with Crippen molar-refractivity contribution in [3.8, 4) is 44.5 Å². The summed E-state index contributed by atoms with van der Waals surface area (Å²) in [5, 5.41) is 2.22. The normalized spacial score (nSPS) is 14.4. The second kappa shape index (κ2) is 12.1. The highest BCUT2D eigenvalue weighted by Crippen LogP contribution is 2.63. The van der Waals surface area contributed by atoms with Gasteiger partial charge in [0.2, 0.25) is 0 Å². The molecule has 2 heteroatoms. The van der Waals surface area contributed by atoms with Crippen molar-refractivity contribution in [2.45, 2.75) is 24.7 Å². The Balaban J connectivity index is 1.08. The standard InChI is InChI=1S/C58H39NO/c1-57(2)48-26-8-3-21-43(48)46-24-14-23-39(55(46)57)36-16-13-17-37(34-36)59(53-30-15-25-47-45-22-7-12-31-54(45)60-56(47)53)38-32-33-44-42-20-6-11-29-51(42)58(52(44)35-38)49-27-9-4-18-40(49)41-19-5-10-28-50(41)58/h3-35H,1-2H3. The zero-order valence-corrected chi connectivity index (χ0v) is 33.4. The molecular formula is C58H39NO. The lowest BCUT2D eigenvalue weighted by molar-refractivity contribution is 0.662. The van der Waals surface area contributed by atoms with Gasteiger partial charge in [0.25, 0.3) is 0 Å². The molecule has 0 unspecified atom stereocenters. The van der Waals surface area contributed by atoms with E-state index in [1.807, 2.05) is 0 Å². The minimum Gasteiger partial charge on any atom is -0.454 e. The first-order valence-corrected chi connectivity index (χ1v) is 21.0. The predicted octanol–water partition coefficient (Wildman–Crippen LogP) is 15.4. The summed E-state index contributed by atoms with van der Waals surface area (Å²) in [6.45, 7) is 4.74. The Bertz CT molecular complexity index is 3370. The van der Waals surface area contributed by atoms with Gasteiger partial charge >= 0.3 is 0 Å². The maximum atomic E-state index is 6.83. The van der Waals surface area contributed by atoms with Crippen LogP contribution in [0, 0.1) is 0 Å². The molecule has 0 aliphatic heterocycles. The molecule has 0 N–H and O–H groups in total. The fraction of sp³-hybridized carbons (Fsp3) is 0.0690. The Morgan fingerprint density at radius 3 is 1.62 bits per heavy atom. The second-order valence-electron chi connectivity index (χ2n) is 17.2. The monoisotopic (exact) mass is 765 g/mol. The van der Waals surface area contributed by atoms with E-state index in [2.05, 4.69) is 219 Å². The molecule has 13 rings (SSSR count). The van der Waals surface area contributed by atoms with Gasteiger partial charge in [-0.25, -0.2) is 0 Å². The molecule has 0 bridgehead atoms. The third kappa shape index (κ3) is 4.27. The number of rotatable bonds is 4. The fourth-order valence-corrected chi connectivity index (χ4v) is 11.5. The average Bonchev–Trinajstić information content (AvgIpc) is 3.99. The van der Waals surface area contributed by atoms with Crippen LogP contribution in [-0.4, -0.2) is 0 Å². The van der Waals surface area contributed by atoms with Crippen LogP contribution in [-0.2, 0) is 10.8 Å². The van der Waals surface area contributed by atoms with E-state index in [0.29, 0.717) is 0 Å². The predicted molar refractivity (Wildman–Crippen MR) is 248 cm³/mol. The van der Waals surface area contributed by atoms with Crippen molar-refractivity contribution in [2.75, 3.05) is 4.90 Å². The molecule has 0 atom stereocenters. The van der Waals surface area contributed by atoms with Gasteiger partial charge in [-0.3, -0.25) is 0 Å². The Kier molecular flexibility index (Phi) is 6.74. The third-order valence-corrected chi connectivity index (χ3v) is 13.9. The highest BCUT2D eigenvalue weighted by Gasteiger charge is 2.51. The average molecular weight is 766 g/mol. The van der Waals surface area contributed by atoms with Crippen molar-refractivity contribution >= 4 is 39.0 Å². The van der Waals surface area contributed by atoms with Crippen LogP contribution < -0.4 is 4.90 Å². The van der Waals surface area contributed by atoms with Gasteiger partial charge in [-0.2, -0.15) is 0 Å². The molecule has 0 radical (unpaired) electrons. The van der Waals surface area contributed by atoms with Crippen LogP contribution in [0.25, 0.3) is 66.4 Å². The molecular weight excluding hydrogens is 727 g/mol. The number of para-hydroxylation sites is 2. The molecule has 1 spiro atoms. The van der Waals surface area contributed by atoms with E-state index in [9.17, 15) is 0 Å². The number of furan rings is 1. The number of benzene rings is 9. The minimum atomic E-state index is -0.459. The summed E-state index contributed by atoms with van der Waals surface area (Å²) < 4.78 is 6.83. The van der Waals surface area contributed by atoms with Crippen molar-refractivity contribution in [1.82, 2.24) is 0 Å². The topological polar surface area (TPSA) is 16.4 Å². The lowest BCUT2D eigenvalue weighted by Gasteiger charge is -2.32. The van der Waals surface area contributed by atoms with Gasteiger partial charge in [0.15, 0.2) is 5.58 Å². The summed E-state index contributed by atoms with van der Waals surface area (Å²) in [6, 6.07) is 74.1. The summed E-state index contributed by atoms with van der Waals surface area (Å²) in [4.78, 5) is 2.43. The Labute approximate surface area is 349 Å². The molecule has 0 saturated carbocycles. The smallest absolute Gasteiger partial charge is 0.159 e. The Morgan fingerprint density at radius 1 is 0.383 bits per heavy atom. The summed E-state index contributed by atoms with van der Waals surface area (Å²) in [5.41, 5.74) is 22.7. The first-order valence-electron chi connectivity index (χ1n) is 21.0. The summed E-state index contributed by atoms with van der Waals surface area (Å²) >= 11 is 0. The molecule has 0 fully saturated rings. The van der Waals surface area contributed by atoms with Crippen molar-refractivity contribution in [3.63, 3.8) is 0 Å². The number of nitrogens with zero attached hydrogens (tertiary/aromatic N) is 1. The molecule has 1 heterocycles. The van der Waals surface area contributed by atoms with E-state index in [1.165, 1.54) is 77.9 Å². The van der Waals surface area contributed by atoms with Crippen molar-refractivity contribution in [2.24, 2.45) is 0 Å². The summed E-state index contributed by atoms with van der Waals surface area (Å²) in [5.74, 6) is 0. The highest BCUT2D eigenvalue weighted by atomic mass is 16.3. The first kappa shape index (κ1) is 33.5. The summed E-state index contributed by atoms with van der Waals surface area (Å²) in [6.07, 6.45) is 0. The molecule has 0 amide bonds. The highest BCUT2D eigenvalue weighted by molar-refractivity contribution is 6.10. The molecule has 2 nitrogen and oxygen atoms in total. The van der Waals surface area contributed by atoms with Gasteiger partial charge in [-0.05, 0) is 114 Å². The van der Waals surface area contributed by atoms with Gasteiger partial charge in [0, 0.05) is 27.6 Å². The zero-order chi connectivity index (χ0) is 39.7. The molecule has 60 heavy (non-hydrogen) atoms. The molecule has 3 aliphatic carbocycles. The van der Waals surface area contributed by atoms with Crippen LogP contribution in [0.1, 0.15) is 47.2 Å². The molecule has 9 aromatic carbocycles. The van der Waals surface area contributed by atoms with E-state index >= 15 is 0 Å². The van der Waals surface area contributed by atoms with E-state index < -0.39 is 5.41 Å². The Morgan fingerprint density at radius 2 is 0.900 bits per heavy atom. The van der Waals surface area contributed by atoms with Crippen molar-refractivity contribution in [1.29, 1.82) is 0 Å². The summed E-state index contributed by atoms with van der Waals surface area (Å²) in [7, 11) is 0. The lowest BCUT2D eigenvalue weighted by atomic mass is 9.70. The van der Waals surface area contributed by atoms with E-state index in [0.717, 1.165) is 39.0 Å². The van der Waals surface area contributed by atoms with Gasteiger partial charge in [-0.1, -0.05) is 178 Å². The van der Waals surface area contributed by atoms with Crippen molar-refractivity contribution < 1.29 is 4.42 Å². The van der Waals surface area contributed by atoms with Crippen LogP contribution in [0.15, 0.2) is 205 Å². The number of anilines is 3. The van der Waals surface area contributed by atoms with Crippen LogP contribution in [0.4, 0.5) is 17.1 Å². The Hall–Kier alpha value is -7.42. The van der Waals surface area contributed by atoms with E-state index in [4.69, 9.17) is 4.42 Å². The van der Waals surface area contributed by atoms with E-state index in [-0.39, 0.29) is 5.41 Å². The number of hydrogen-bond acceptors (Lipinski definition) is 2. The van der Waals surface area contributed by atoms with Crippen molar-refractivity contribution in [3.05, 3.63) is 234 Å². The quantitative estimate of drug-likeness (QED) is 0.177. The van der Waals surface area contributed by atoms with Crippen LogP contribution in [0.3, 0.4) is 0 Å². The maximum absolute atomic E-state index is 6.83. The van der Waals surface area contributed by atoms with Crippen LogP contribution in [0.5, 0.6) is 0 Å². The number of fused-ring (bicyclic) bond motifs is 16. The number of hydrogen-bond donors (Lipinski definition) is 0. The molecule has 3 aliphatic rings. The zero-order valence-electron chi connectivity index (χ0n) is 33.4. The third-order valence-electron chi connectivity index (χ3n) is 13.9. The lowest BCUT2D eigenvalue weighted by Crippen LogP contribution is -2.26. The SMILES string of the molecule is CC1(C)c2ccccc2-c2cccc(-c3cccc(N(c4ccc5c(c4)C4(c6ccccc6-c6ccccc64)c4ccccc4-5)c4cccc5c4oc4ccccc45)c3)c21. The second-order valence-corrected chi connectivity index (χ2v) is 17.2. The van der Waals surface area contributed by atoms with Crippen LogP contribution in [0.2, 0.25) is 0 Å². The van der Waals surface area contributed by atoms with E-state index in [1.54, 1.807) is 0 Å². The molecule has 1 aromatic heterocycles. The largest absolute Gasteiger partial charge is 0.454 e. The molecule has 282 valence electrons. The molecule has 0 saturated heterocycles. The minimum absolute atomic E-state index is 0.144. The molecule has 10 aromatic rings. The van der Waals surface area contributed by atoms with Crippen LogP contribution >= 0.6 is 0 Å². The van der Waals surface area contributed by atoms with Gasteiger partial charge in [-0.15, -0.1) is 0 Å². The fourth-order valence-electron chi connectivity index (χ4n) is 11.5. The van der Waals surface area contributed by atoms with Gasteiger partial charge < -0.3 is 9.32 Å². The maximum Gasteiger partial charge on any atom is 0.159 e.